The van der Waals surface area contributed by atoms with Gasteiger partial charge in [0.05, 0.1) is 38.9 Å². The van der Waals surface area contributed by atoms with Crippen LogP contribution in [0.4, 0.5) is 5.69 Å². The zero-order chi connectivity index (χ0) is 14.9. The second-order valence-corrected chi connectivity index (χ2v) is 6.69. The molecule has 6 nitrogen and oxygen atoms in total. The predicted molar refractivity (Wildman–Crippen MR) is 77.1 cm³/mol. The van der Waals surface area contributed by atoms with Gasteiger partial charge < -0.3 is 5.73 Å². The summed E-state index contributed by atoms with van der Waals surface area (Å²) in [5.41, 5.74) is 6.94. The van der Waals surface area contributed by atoms with Crippen LogP contribution in [0.1, 0.15) is 18.3 Å². The topological polar surface area (TPSA) is 90.9 Å². The number of nitrogens with two attached hydrogens (primary N) is 1. The number of anilines is 1. The molecule has 0 aliphatic rings. The van der Waals surface area contributed by atoms with Crippen LogP contribution in [0.3, 0.4) is 0 Å². The number of aryl methyl sites for hydroxylation is 2. The molecule has 0 amide bonds. The minimum Gasteiger partial charge on any atom is -0.396 e. The second kappa shape index (κ2) is 5.41. The van der Waals surface area contributed by atoms with Crippen molar-refractivity contribution < 1.29 is 8.42 Å². The van der Waals surface area contributed by atoms with Gasteiger partial charge in [-0.15, -0.1) is 0 Å². The molecule has 0 saturated heterocycles. The smallest absolute Gasteiger partial charge is 0.186 e. The van der Waals surface area contributed by atoms with E-state index in [0.29, 0.717) is 22.8 Å². The number of hydrogen-bond acceptors (Lipinski definition) is 5. The first kappa shape index (κ1) is 14.8. The lowest BCUT2D eigenvalue weighted by Crippen LogP contribution is -2.11. The molecule has 20 heavy (non-hydrogen) atoms. The Kier molecular flexibility index (Phi) is 4.01. The van der Waals surface area contributed by atoms with E-state index >= 15 is 0 Å². The minimum atomic E-state index is -3.59. The van der Waals surface area contributed by atoms with Gasteiger partial charge in [0.25, 0.3) is 0 Å². The molecule has 2 N–H and O–H groups in total. The predicted octanol–water partition coefficient (Wildman–Crippen LogP) is 1.59. The SMILES string of the molecule is CCc1nn(C)c(CS(=O)(=O)c2ccncc2N)c1Cl. The van der Waals surface area contributed by atoms with Crippen molar-refractivity contribution >= 4 is 27.1 Å². The number of pyridine rings is 1. The van der Waals surface area contributed by atoms with Gasteiger partial charge in [0.2, 0.25) is 0 Å². The average molecular weight is 315 g/mol. The molecule has 2 aromatic rings. The molecule has 0 saturated carbocycles. The summed E-state index contributed by atoms with van der Waals surface area (Å²) in [7, 11) is -1.92. The van der Waals surface area contributed by atoms with E-state index in [2.05, 4.69) is 10.1 Å². The molecule has 0 aliphatic carbocycles. The van der Waals surface area contributed by atoms with Crippen LogP contribution in [0.5, 0.6) is 0 Å². The van der Waals surface area contributed by atoms with Crippen LogP contribution >= 0.6 is 11.6 Å². The Morgan fingerprint density at radius 2 is 2.15 bits per heavy atom. The Morgan fingerprint density at radius 3 is 2.70 bits per heavy atom. The lowest BCUT2D eigenvalue weighted by Gasteiger charge is -2.07. The Hall–Kier alpha value is -1.60. The number of halogens is 1. The third-order valence-electron chi connectivity index (χ3n) is 2.97. The average Bonchev–Trinajstić information content (AvgIpc) is 2.66. The molecular formula is C12H15ClN4O2S. The van der Waals surface area contributed by atoms with E-state index in [1.807, 2.05) is 6.92 Å². The van der Waals surface area contributed by atoms with Gasteiger partial charge in [0, 0.05) is 13.2 Å². The Bertz CT molecular complexity index is 740. The monoisotopic (exact) mass is 314 g/mol. The number of nitrogen functional groups attached to an aromatic ring is 1. The van der Waals surface area contributed by atoms with Gasteiger partial charge in [0.15, 0.2) is 9.84 Å². The van der Waals surface area contributed by atoms with Crippen LogP contribution in [0.25, 0.3) is 0 Å². The molecule has 2 heterocycles. The largest absolute Gasteiger partial charge is 0.396 e. The summed E-state index contributed by atoms with van der Waals surface area (Å²) in [6.07, 6.45) is 3.35. The van der Waals surface area contributed by atoms with Gasteiger partial charge in [0.1, 0.15) is 0 Å². The Morgan fingerprint density at radius 1 is 1.45 bits per heavy atom. The summed E-state index contributed by atoms with van der Waals surface area (Å²) >= 11 is 6.17. The second-order valence-electron chi connectivity index (χ2n) is 4.36. The highest BCUT2D eigenvalue weighted by Crippen LogP contribution is 2.27. The summed E-state index contributed by atoms with van der Waals surface area (Å²) in [4.78, 5) is 3.84. The standard InChI is InChI=1S/C12H15ClN4O2S/c1-3-9-12(13)10(17(2)16-9)7-20(18,19)11-4-5-15-6-8(11)14/h4-6H,3,7,14H2,1-2H3. The van der Waals surface area contributed by atoms with Crippen molar-refractivity contribution in [3.8, 4) is 0 Å². The van der Waals surface area contributed by atoms with Gasteiger partial charge in [-0.3, -0.25) is 9.67 Å². The molecule has 0 aromatic carbocycles. The van der Waals surface area contributed by atoms with E-state index in [0.717, 1.165) is 0 Å². The van der Waals surface area contributed by atoms with E-state index in [1.54, 1.807) is 7.05 Å². The molecule has 0 atom stereocenters. The first-order valence-corrected chi connectivity index (χ1v) is 8.02. The van der Waals surface area contributed by atoms with Crippen molar-refractivity contribution in [2.45, 2.75) is 24.0 Å². The van der Waals surface area contributed by atoms with Crippen LogP contribution < -0.4 is 5.73 Å². The van der Waals surface area contributed by atoms with Crippen molar-refractivity contribution in [2.75, 3.05) is 5.73 Å². The number of hydrogen-bond donors (Lipinski definition) is 1. The van der Waals surface area contributed by atoms with E-state index in [1.165, 1.54) is 23.1 Å². The fourth-order valence-electron chi connectivity index (χ4n) is 1.91. The molecular weight excluding hydrogens is 300 g/mol. The summed E-state index contributed by atoms with van der Waals surface area (Å²) in [5.74, 6) is -0.246. The van der Waals surface area contributed by atoms with Gasteiger partial charge in [-0.05, 0) is 12.5 Å². The molecule has 0 bridgehead atoms. The Labute approximate surface area is 122 Å². The summed E-state index contributed by atoms with van der Waals surface area (Å²) < 4.78 is 26.3. The van der Waals surface area contributed by atoms with E-state index < -0.39 is 9.84 Å². The van der Waals surface area contributed by atoms with Gasteiger partial charge >= 0.3 is 0 Å². The molecule has 108 valence electrons. The van der Waals surface area contributed by atoms with E-state index in [9.17, 15) is 8.42 Å². The van der Waals surface area contributed by atoms with Crippen LogP contribution in [0, 0.1) is 0 Å². The van der Waals surface area contributed by atoms with Crippen LogP contribution in [-0.2, 0) is 29.1 Å². The van der Waals surface area contributed by atoms with Gasteiger partial charge in [-0.1, -0.05) is 18.5 Å². The van der Waals surface area contributed by atoms with Crippen molar-refractivity contribution in [1.29, 1.82) is 0 Å². The van der Waals surface area contributed by atoms with Crippen LogP contribution in [0.2, 0.25) is 5.02 Å². The van der Waals surface area contributed by atoms with Gasteiger partial charge in [-0.25, -0.2) is 8.42 Å². The summed E-state index contributed by atoms with van der Waals surface area (Å²) in [6.45, 7) is 1.91. The number of nitrogens with zero attached hydrogens (tertiary/aromatic N) is 3. The lowest BCUT2D eigenvalue weighted by molar-refractivity contribution is 0.592. The maximum absolute atomic E-state index is 12.4. The summed E-state index contributed by atoms with van der Waals surface area (Å²) in [5, 5.41) is 4.60. The van der Waals surface area contributed by atoms with E-state index in [4.69, 9.17) is 17.3 Å². The van der Waals surface area contributed by atoms with Crippen molar-refractivity contribution in [2.24, 2.45) is 7.05 Å². The molecule has 0 radical (unpaired) electrons. The third-order valence-corrected chi connectivity index (χ3v) is 5.11. The molecule has 8 heteroatoms. The molecule has 0 aliphatic heterocycles. The fourth-order valence-corrected chi connectivity index (χ4v) is 3.88. The third kappa shape index (κ3) is 2.64. The van der Waals surface area contributed by atoms with Crippen molar-refractivity contribution in [1.82, 2.24) is 14.8 Å². The highest BCUT2D eigenvalue weighted by atomic mass is 35.5. The lowest BCUT2D eigenvalue weighted by atomic mass is 10.3. The zero-order valence-electron chi connectivity index (χ0n) is 11.2. The van der Waals surface area contributed by atoms with Crippen LogP contribution in [0.15, 0.2) is 23.4 Å². The first-order valence-electron chi connectivity index (χ1n) is 5.99. The maximum atomic E-state index is 12.4. The highest BCUT2D eigenvalue weighted by molar-refractivity contribution is 7.90. The summed E-state index contributed by atoms with van der Waals surface area (Å²) in [6, 6.07) is 1.38. The molecule has 2 rings (SSSR count). The molecule has 2 aromatic heterocycles. The van der Waals surface area contributed by atoms with Crippen LogP contribution in [-0.4, -0.2) is 23.2 Å². The number of sulfone groups is 1. The Balaban J connectivity index is 2.44. The van der Waals surface area contributed by atoms with E-state index in [-0.39, 0.29) is 16.3 Å². The highest BCUT2D eigenvalue weighted by Gasteiger charge is 2.23. The molecule has 0 unspecified atom stereocenters. The number of aromatic nitrogens is 3. The zero-order valence-corrected chi connectivity index (χ0v) is 12.7. The fraction of sp³-hybridized carbons (Fsp3) is 0.333. The molecule has 0 spiro atoms. The molecule has 0 fully saturated rings. The van der Waals surface area contributed by atoms with Crippen molar-refractivity contribution in [3.05, 3.63) is 34.9 Å². The first-order chi connectivity index (χ1) is 9.36. The quantitative estimate of drug-likeness (QED) is 0.925. The van der Waals surface area contributed by atoms with Gasteiger partial charge in [-0.2, -0.15) is 5.10 Å². The van der Waals surface area contributed by atoms with Crippen molar-refractivity contribution in [3.63, 3.8) is 0 Å². The minimum absolute atomic E-state index is 0.0582. The maximum Gasteiger partial charge on any atom is 0.186 e. The normalized spacial score (nSPS) is 11.8. The number of rotatable bonds is 4.